The fraction of sp³-hybridized carbons (Fsp3) is 0.250. The molecule has 0 amide bonds. The first-order valence-electron chi connectivity index (χ1n) is 6.64. The van der Waals surface area contributed by atoms with Gasteiger partial charge in [0.15, 0.2) is 0 Å². The number of phenols is 1. The van der Waals surface area contributed by atoms with E-state index >= 15 is 0 Å². The van der Waals surface area contributed by atoms with Gasteiger partial charge in [0.25, 0.3) is 0 Å². The molecule has 1 heterocycles. The number of anilines is 2. The Balaban J connectivity index is 1.88. The molecule has 0 radical (unpaired) electrons. The van der Waals surface area contributed by atoms with Crippen LogP contribution in [0.25, 0.3) is 0 Å². The van der Waals surface area contributed by atoms with Crippen molar-refractivity contribution in [2.45, 2.75) is 19.4 Å². The molecule has 0 saturated carbocycles. The van der Waals surface area contributed by atoms with E-state index in [2.05, 4.69) is 11.0 Å². The number of rotatable bonds is 2. The van der Waals surface area contributed by atoms with Crippen molar-refractivity contribution in [1.29, 1.82) is 0 Å². The van der Waals surface area contributed by atoms with E-state index < -0.39 is 0 Å². The number of nitrogen functional groups attached to an aromatic ring is 1. The molecule has 1 aliphatic heterocycles. The second-order valence-corrected chi connectivity index (χ2v) is 5.04. The molecule has 3 rings (SSSR count). The number of nitrogens with two attached hydrogens (primary N) is 1. The van der Waals surface area contributed by atoms with Gasteiger partial charge in [0.05, 0.1) is 0 Å². The van der Waals surface area contributed by atoms with Gasteiger partial charge < -0.3 is 15.7 Å². The van der Waals surface area contributed by atoms with Crippen molar-refractivity contribution in [3.05, 3.63) is 53.6 Å². The standard InChI is InChI=1S/C16H18N2O/c17-15-4-1-5-16-14(15)3-2-10-18(16)11-12-6-8-13(19)9-7-12/h1,4-9,19H,2-3,10-11,17H2. The predicted octanol–water partition coefficient (Wildman–Crippen LogP) is 2.93. The molecule has 3 nitrogen and oxygen atoms in total. The molecule has 19 heavy (non-hydrogen) atoms. The van der Waals surface area contributed by atoms with Crippen LogP contribution in [0.5, 0.6) is 5.75 Å². The third-order valence-corrected chi connectivity index (χ3v) is 3.69. The van der Waals surface area contributed by atoms with Crippen LogP contribution in [-0.4, -0.2) is 11.7 Å². The zero-order valence-corrected chi connectivity index (χ0v) is 10.8. The molecule has 2 aromatic carbocycles. The number of fused-ring (bicyclic) bond motifs is 1. The van der Waals surface area contributed by atoms with Crippen molar-refractivity contribution < 1.29 is 5.11 Å². The number of nitrogens with zero attached hydrogens (tertiary/aromatic N) is 1. The first-order chi connectivity index (χ1) is 9.24. The van der Waals surface area contributed by atoms with E-state index in [1.54, 1.807) is 12.1 Å². The summed E-state index contributed by atoms with van der Waals surface area (Å²) in [7, 11) is 0. The summed E-state index contributed by atoms with van der Waals surface area (Å²) in [6.07, 6.45) is 2.20. The Bertz CT molecular complexity index is 578. The SMILES string of the molecule is Nc1cccc2c1CCCN2Cc1ccc(O)cc1. The van der Waals surface area contributed by atoms with Gasteiger partial charge in [0, 0.05) is 24.5 Å². The molecule has 3 heteroatoms. The minimum atomic E-state index is 0.312. The van der Waals surface area contributed by atoms with Gasteiger partial charge in [-0.1, -0.05) is 18.2 Å². The fourth-order valence-electron chi connectivity index (χ4n) is 2.71. The number of hydrogen-bond donors (Lipinski definition) is 2. The van der Waals surface area contributed by atoms with Gasteiger partial charge in [-0.3, -0.25) is 0 Å². The zero-order valence-electron chi connectivity index (χ0n) is 10.8. The Morgan fingerprint density at radius 2 is 1.89 bits per heavy atom. The van der Waals surface area contributed by atoms with Crippen LogP contribution >= 0.6 is 0 Å². The topological polar surface area (TPSA) is 49.5 Å². The van der Waals surface area contributed by atoms with E-state index in [0.717, 1.165) is 31.6 Å². The van der Waals surface area contributed by atoms with Gasteiger partial charge in [-0.15, -0.1) is 0 Å². The quantitative estimate of drug-likeness (QED) is 0.810. The maximum atomic E-state index is 9.33. The number of benzene rings is 2. The van der Waals surface area contributed by atoms with Gasteiger partial charge in [-0.2, -0.15) is 0 Å². The van der Waals surface area contributed by atoms with Crippen LogP contribution in [0, 0.1) is 0 Å². The highest BCUT2D eigenvalue weighted by Gasteiger charge is 2.18. The van der Waals surface area contributed by atoms with E-state index in [1.165, 1.54) is 16.8 Å². The zero-order chi connectivity index (χ0) is 13.2. The monoisotopic (exact) mass is 254 g/mol. The van der Waals surface area contributed by atoms with Crippen LogP contribution in [0.4, 0.5) is 11.4 Å². The number of aromatic hydroxyl groups is 1. The van der Waals surface area contributed by atoms with Gasteiger partial charge in [-0.25, -0.2) is 0 Å². The van der Waals surface area contributed by atoms with Crippen molar-refractivity contribution in [3.63, 3.8) is 0 Å². The maximum Gasteiger partial charge on any atom is 0.115 e. The molecule has 0 unspecified atom stereocenters. The summed E-state index contributed by atoms with van der Waals surface area (Å²) in [4.78, 5) is 2.36. The summed E-state index contributed by atoms with van der Waals surface area (Å²) in [6.45, 7) is 1.91. The van der Waals surface area contributed by atoms with Crippen molar-refractivity contribution in [2.75, 3.05) is 17.2 Å². The first-order valence-corrected chi connectivity index (χ1v) is 6.64. The van der Waals surface area contributed by atoms with E-state index in [-0.39, 0.29) is 0 Å². The fourth-order valence-corrected chi connectivity index (χ4v) is 2.71. The molecule has 0 aliphatic carbocycles. The summed E-state index contributed by atoms with van der Waals surface area (Å²) >= 11 is 0. The average Bonchev–Trinajstić information content (AvgIpc) is 2.43. The van der Waals surface area contributed by atoms with Gasteiger partial charge >= 0.3 is 0 Å². The lowest BCUT2D eigenvalue weighted by molar-refractivity contribution is 0.475. The normalized spacial score (nSPS) is 14.2. The Hall–Kier alpha value is -2.16. The number of hydrogen-bond acceptors (Lipinski definition) is 3. The molecule has 0 aromatic heterocycles. The van der Waals surface area contributed by atoms with E-state index in [4.69, 9.17) is 5.73 Å². The van der Waals surface area contributed by atoms with Crippen LogP contribution in [0.3, 0.4) is 0 Å². The van der Waals surface area contributed by atoms with Crippen molar-refractivity contribution >= 4 is 11.4 Å². The van der Waals surface area contributed by atoms with Crippen LogP contribution < -0.4 is 10.6 Å². The van der Waals surface area contributed by atoms with Crippen LogP contribution in [0.2, 0.25) is 0 Å². The summed E-state index contributed by atoms with van der Waals surface area (Å²) in [6, 6.07) is 13.5. The molecule has 0 fully saturated rings. The molecule has 0 bridgehead atoms. The lowest BCUT2D eigenvalue weighted by Gasteiger charge is -2.32. The first kappa shape index (κ1) is 11.9. The van der Waals surface area contributed by atoms with E-state index in [0.29, 0.717) is 5.75 Å². The lowest BCUT2D eigenvalue weighted by Crippen LogP contribution is -2.29. The van der Waals surface area contributed by atoms with Crippen molar-refractivity contribution in [2.24, 2.45) is 0 Å². The summed E-state index contributed by atoms with van der Waals surface area (Å²) in [5.41, 5.74) is 10.7. The Morgan fingerprint density at radius 1 is 1.11 bits per heavy atom. The predicted molar refractivity (Wildman–Crippen MR) is 78.3 cm³/mol. The molecule has 0 spiro atoms. The van der Waals surface area contributed by atoms with Gasteiger partial charge in [0.2, 0.25) is 0 Å². The smallest absolute Gasteiger partial charge is 0.115 e. The molecule has 1 aliphatic rings. The average molecular weight is 254 g/mol. The number of phenolic OH excluding ortho intramolecular Hbond substituents is 1. The van der Waals surface area contributed by atoms with Crippen LogP contribution in [-0.2, 0) is 13.0 Å². The third-order valence-electron chi connectivity index (χ3n) is 3.69. The lowest BCUT2D eigenvalue weighted by atomic mass is 9.99. The third kappa shape index (κ3) is 2.36. The van der Waals surface area contributed by atoms with Crippen molar-refractivity contribution in [1.82, 2.24) is 0 Å². The van der Waals surface area contributed by atoms with Gasteiger partial charge in [0.1, 0.15) is 5.75 Å². The second-order valence-electron chi connectivity index (χ2n) is 5.04. The van der Waals surface area contributed by atoms with E-state index in [9.17, 15) is 5.11 Å². The van der Waals surface area contributed by atoms with Crippen LogP contribution in [0.15, 0.2) is 42.5 Å². The van der Waals surface area contributed by atoms with E-state index in [1.807, 2.05) is 24.3 Å². The second kappa shape index (κ2) is 4.84. The highest BCUT2D eigenvalue weighted by atomic mass is 16.3. The summed E-state index contributed by atoms with van der Waals surface area (Å²) in [5, 5.41) is 9.33. The molecule has 3 N–H and O–H groups in total. The minimum absolute atomic E-state index is 0.312. The Morgan fingerprint density at radius 3 is 2.68 bits per heavy atom. The molecule has 2 aromatic rings. The Labute approximate surface area is 113 Å². The van der Waals surface area contributed by atoms with Crippen LogP contribution in [0.1, 0.15) is 17.5 Å². The summed E-state index contributed by atoms with van der Waals surface area (Å²) < 4.78 is 0. The highest BCUT2D eigenvalue weighted by Crippen LogP contribution is 2.32. The molecule has 0 atom stereocenters. The Kier molecular flexibility index (Phi) is 3.03. The largest absolute Gasteiger partial charge is 0.508 e. The van der Waals surface area contributed by atoms with Gasteiger partial charge in [-0.05, 0) is 48.2 Å². The summed E-state index contributed by atoms with van der Waals surface area (Å²) in [5.74, 6) is 0.312. The molecular weight excluding hydrogens is 236 g/mol. The molecule has 0 saturated heterocycles. The maximum absolute atomic E-state index is 9.33. The minimum Gasteiger partial charge on any atom is -0.508 e. The molecular formula is C16H18N2O. The van der Waals surface area contributed by atoms with Crippen molar-refractivity contribution in [3.8, 4) is 5.75 Å². The molecule has 98 valence electrons. The highest BCUT2D eigenvalue weighted by molar-refractivity contribution is 5.66.